The van der Waals surface area contributed by atoms with Crippen LogP contribution in [0.4, 0.5) is 0 Å². The SMILES string of the molecule is CCN(CC)[C@H]1CNCc2ccccc21. The van der Waals surface area contributed by atoms with E-state index in [1.807, 2.05) is 0 Å². The molecule has 0 bridgehead atoms. The largest absolute Gasteiger partial charge is 0.311 e. The first-order valence-electron chi connectivity index (χ1n) is 5.89. The van der Waals surface area contributed by atoms with Gasteiger partial charge in [-0.15, -0.1) is 0 Å². The Hall–Kier alpha value is -0.860. The zero-order chi connectivity index (χ0) is 10.7. The Morgan fingerprint density at radius 1 is 1.27 bits per heavy atom. The minimum atomic E-state index is 0.560. The van der Waals surface area contributed by atoms with Crippen molar-refractivity contribution in [2.75, 3.05) is 19.6 Å². The third-order valence-corrected chi connectivity index (χ3v) is 3.32. The Kier molecular flexibility index (Phi) is 3.39. The second-order valence-corrected chi connectivity index (χ2v) is 4.07. The molecule has 1 N–H and O–H groups in total. The monoisotopic (exact) mass is 204 g/mol. The minimum Gasteiger partial charge on any atom is -0.311 e. The lowest BCUT2D eigenvalue weighted by Gasteiger charge is -2.34. The maximum atomic E-state index is 3.50. The highest BCUT2D eigenvalue weighted by Crippen LogP contribution is 2.26. The summed E-state index contributed by atoms with van der Waals surface area (Å²) >= 11 is 0. The first-order chi connectivity index (χ1) is 7.36. The molecule has 0 unspecified atom stereocenters. The molecule has 0 saturated carbocycles. The lowest BCUT2D eigenvalue weighted by molar-refractivity contribution is 0.204. The lowest BCUT2D eigenvalue weighted by Crippen LogP contribution is -2.39. The number of hydrogen-bond donors (Lipinski definition) is 1. The van der Waals surface area contributed by atoms with Crippen molar-refractivity contribution in [3.05, 3.63) is 35.4 Å². The van der Waals surface area contributed by atoms with Crippen LogP contribution in [0.25, 0.3) is 0 Å². The molecule has 1 aromatic rings. The van der Waals surface area contributed by atoms with Crippen LogP contribution in [-0.4, -0.2) is 24.5 Å². The van der Waals surface area contributed by atoms with Gasteiger partial charge in [0, 0.05) is 19.1 Å². The molecular formula is C13H20N2. The van der Waals surface area contributed by atoms with E-state index in [1.165, 1.54) is 11.1 Å². The van der Waals surface area contributed by atoms with Crippen molar-refractivity contribution < 1.29 is 0 Å². The molecule has 2 nitrogen and oxygen atoms in total. The molecule has 1 aromatic carbocycles. The lowest BCUT2D eigenvalue weighted by atomic mass is 9.95. The first-order valence-corrected chi connectivity index (χ1v) is 5.89. The number of nitrogens with one attached hydrogen (secondary N) is 1. The van der Waals surface area contributed by atoms with Gasteiger partial charge in [0.25, 0.3) is 0 Å². The molecule has 1 aliphatic rings. The van der Waals surface area contributed by atoms with Crippen molar-refractivity contribution in [3.63, 3.8) is 0 Å². The highest BCUT2D eigenvalue weighted by atomic mass is 15.2. The normalized spacial score (nSPS) is 20.3. The predicted octanol–water partition coefficient (Wildman–Crippen LogP) is 2.17. The Morgan fingerprint density at radius 3 is 2.73 bits per heavy atom. The van der Waals surface area contributed by atoms with Gasteiger partial charge >= 0.3 is 0 Å². The van der Waals surface area contributed by atoms with Gasteiger partial charge in [-0.1, -0.05) is 38.1 Å². The van der Waals surface area contributed by atoms with Crippen molar-refractivity contribution in [3.8, 4) is 0 Å². The average molecular weight is 204 g/mol. The topological polar surface area (TPSA) is 15.3 Å². The molecule has 82 valence electrons. The summed E-state index contributed by atoms with van der Waals surface area (Å²) in [5, 5.41) is 3.50. The van der Waals surface area contributed by atoms with Crippen LogP contribution in [-0.2, 0) is 6.54 Å². The van der Waals surface area contributed by atoms with Gasteiger partial charge in [0.15, 0.2) is 0 Å². The van der Waals surface area contributed by atoms with Crippen LogP contribution in [0.3, 0.4) is 0 Å². The summed E-state index contributed by atoms with van der Waals surface area (Å²) in [4.78, 5) is 2.52. The number of benzene rings is 1. The predicted molar refractivity (Wildman–Crippen MR) is 63.8 cm³/mol. The van der Waals surface area contributed by atoms with Crippen molar-refractivity contribution in [2.45, 2.75) is 26.4 Å². The van der Waals surface area contributed by atoms with Gasteiger partial charge in [0.2, 0.25) is 0 Å². The van der Waals surface area contributed by atoms with Gasteiger partial charge in [-0.3, -0.25) is 4.90 Å². The number of nitrogens with zero attached hydrogens (tertiary/aromatic N) is 1. The molecule has 0 aliphatic carbocycles. The number of hydrogen-bond acceptors (Lipinski definition) is 2. The van der Waals surface area contributed by atoms with Crippen LogP contribution >= 0.6 is 0 Å². The van der Waals surface area contributed by atoms with Crippen LogP contribution in [0.5, 0.6) is 0 Å². The van der Waals surface area contributed by atoms with E-state index in [0.29, 0.717) is 6.04 Å². The molecule has 0 fully saturated rings. The molecule has 0 radical (unpaired) electrons. The molecule has 2 heteroatoms. The number of fused-ring (bicyclic) bond motifs is 1. The first kappa shape index (κ1) is 10.7. The number of likely N-dealkylation sites (N-methyl/N-ethyl adjacent to an activating group) is 1. The third-order valence-electron chi connectivity index (χ3n) is 3.32. The number of rotatable bonds is 3. The summed E-state index contributed by atoms with van der Waals surface area (Å²) in [6.07, 6.45) is 0. The van der Waals surface area contributed by atoms with Crippen LogP contribution in [0.2, 0.25) is 0 Å². The van der Waals surface area contributed by atoms with E-state index in [1.54, 1.807) is 0 Å². The fourth-order valence-electron chi connectivity index (χ4n) is 2.46. The van der Waals surface area contributed by atoms with Gasteiger partial charge in [0.05, 0.1) is 0 Å². The Bertz CT molecular complexity index is 318. The molecule has 0 saturated heterocycles. The summed E-state index contributed by atoms with van der Waals surface area (Å²) < 4.78 is 0. The average Bonchev–Trinajstić information content (AvgIpc) is 2.31. The van der Waals surface area contributed by atoms with E-state index in [0.717, 1.165) is 26.2 Å². The van der Waals surface area contributed by atoms with Gasteiger partial charge in [-0.2, -0.15) is 0 Å². The van der Waals surface area contributed by atoms with Gasteiger partial charge in [-0.25, -0.2) is 0 Å². The van der Waals surface area contributed by atoms with Gasteiger partial charge in [0.1, 0.15) is 0 Å². The maximum absolute atomic E-state index is 3.50. The molecule has 0 aromatic heterocycles. The second kappa shape index (κ2) is 4.77. The standard InChI is InChI=1S/C13H20N2/c1-3-15(4-2)13-10-14-9-11-7-5-6-8-12(11)13/h5-8,13-14H,3-4,9-10H2,1-2H3/t13-/m0/s1. The zero-order valence-electron chi connectivity index (χ0n) is 9.66. The van der Waals surface area contributed by atoms with E-state index >= 15 is 0 Å². The van der Waals surface area contributed by atoms with Crippen LogP contribution in [0, 0.1) is 0 Å². The zero-order valence-corrected chi connectivity index (χ0v) is 9.66. The molecule has 0 spiro atoms. The van der Waals surface area contributed by atoms with E-state index < -0.39 is 0 Å². The van der Waals surface area contributed by atoms with Crippen molar-refractivity contribution in [1.82, 2.24) is 10.2 Å². The van der Waals surface area contributed by atoms with Gasteiger partial charge < -0.3 is 5.32 Å². The highest BCUT2D eigenvalue weighted by molar-refractivity contribution is 5.32. The molecule has 2 rings (SSSR count). The summed E-state index contributed by atoms with van der Waals surface area (Å²) in [5.41, 5.74) is 2.97. The van der Waals surface area contributed by atoms with E-state index in [4.69, 9.17) is 0 Å². The van der Waals surface area contributed by atoms with Gasteiger partial charge in [-0.05, 0) is 24.2 Å². The Morgan fingerprint density at radius 2 is 2.00 bits per heavy atom. The summed E-state index contributed by atoms with van der Waals surface area (Å²) in [7, 11) is 0. The van der Waals surface area contributed by atoms with Crippen molar-refractivity contribution >= 4 is 0 Å². The highest BCUT2D eigenvalue weighted by Gasteiger charge is 2.23. The minimum absolute atomic E-state index is 0.560. The van der Waals surface area contributed by atoms with E-state index in [2.05, 4.69) is 48.3 Å². The third kappa shape index (κ3) is 2.06. The molecular weight excluding hydrogens is 184 g/mol. The molecule has 15 heavy (non-hydrogen) atoms. The quantitative estimate of drug-likeness (QED) is 0.811. The van der Waals surface area contributed by atoms with Crippen molar-refractivity contribution in [1.29, 1.82) is 0 Å². The van der Waals surface area contributed by atoms with Crippen LogP contribution < -0.4 is 5.32 Å². The molecule has 1 aliphatic heterocycles. The van der Waals surface area contributed by atoms with Crippen LogP contribution in [0.1, 0.15) is 31.0 Å². The summed E-state index contributed by atoms with van der Waals surface area (Å²) in [6.45, 7) is 8.82. The second-order valence-electron chi connectivity index (χ2n) is 4.07. The van der Waals surface area contributed by atoms with Crippen LogP contribution in [0.15, 0.2) is 24.3 Å². The van der Waals surface area contributed by atoms with Crippen molar-refractivity contribution in [2.24, 2.45) is 0 Å². The summed E-state index contributed by atoms with van der Waals surface area (Å²) in [6, 6.07) is 9.35. The van der Waals surface area contributed by atoms with E-state index in [-0.39, 0.29) is 0 Å². The maximum Gasteiger partial charge on any atom is 0.0475 e. The fraction of sp³-hybridized carbons (Fsp3) is 0.538. The Labute approximate surface area is 92.3 Å². The molecule has 1 heterocycles. The van der Waals surface area contributed by atoms with E-state index in [9.17, 15) is 0 Å². The molecule has 0 amide bonds. The Balaban J connectivity index is 2.28. The fourth-order valence-corrected chi connectivity index (χ4v) is 2.46. The molecule has 1 atom stereocenters. The summed E-state index contributed by atoms with van der Waals surface area (Å²) in [5.74, 6) is 0. The smallest absolute Gasteiger partial charge is 0.0475 e.